The normalized spacial score (nSPS) is 21.8. The van der Waals surface area contributed by atoms with Gasteiger partial charge >= 0.3 is 0 Å². The van der Waals surface area contributed by atoms with E-state index in [0.717, 1.165) is 11.1 Å². The Labute approximate surface area is 118 Å². The molecule has 0 radical (unpaired) electrons. The highest BCUT2D eigenvalue weighted by molar-refractivity contribution is 5.94. The van der Waals surface area contributed by atoms with E-state index in [-0.39, 0.29) is 11.9 Å². The number of nitrogens with two attached hydrogens (primary N) is 2. The molecule has 1 aliphatic rings. The van der Waals surface area contributed by atoms with Gasteiger partial charge in [0.15, 0.2) is 0 Å². The molecule has 1 aromatic rings. The summed E-state index contributed by atoms with van der Waals surface area (Å²) in [7, 11) is 0. The lowest BCUT2D eigenvalue weighted by Gasteiger charge is -2.25. The van der Waals surface area contributed by atoms with Gasteiger partial charge in [0.25, 0.3) is 5.91 Å². The first-order chi connectivity index (χ1) is 9.63. The van der Waals surface area contributed by atoms with E-state index < -0.39 is 6.10 Å². The van der Waals surface area contributed by atoms with Crippen LogP contribution in [0.5, 0.6) is 0 Å². The van der Waals surface area contributed by atoms with Crippen molar-refractivity contribution < 1.29 is 9.90 Å². The molecule has 5 nitrogen and oxygen atoms in total. The minimum Gasteiger partial charge on any atom is -0.391 e. The molecule has 1 unspecified atom stereocenters. The SMILES string of the molecule is NCc1cc(CN)cc(C(=O)NC2CC=CC[C@H]2O)c1. The molecule has 1 aromatic carbocycles. The number of aliphatic hydroxyl groups excluding tert-OH is 1. The Balaban J connectivity index is 2.14. The molecule has 5 heteroatoms. The zero-order chi connectivity index (χ0) is 14.5. The molecule has 2 rings (SSSR count). The van der Waals surface area contributed by atoms with Crippen molar-refractivity contribution in [3.63, 3.8) is 0 Å². The van der Waals surface area contributed by atoms with E-state index in [1.807, 2.05) is 18.2 Å². The minimum absolute atomic E-state index is 0.200. The van der Waals surface area contributed by atoms with E-state index in [1.54, 1.807) is 12.1 Å². The zero-order valence-electron chi connectivity index (χ0n) is 11.4. The lowest BCUT2D eigenvalue weighted by Crippen LogP contribution is -2.44. The number of hydrogen-bond donors (Lipinski definition) is 4. The van der Waals surface area contributed by atoms with Crippen LogP contribution in [0.4, 0.5) is 0 Å². The van der Waals surface area contributed by atoms with Gasteiger partial charge in [0, 0.05) is 18.7 Å². The summed E-state index contributed by atoms with van der Waals surface area (Å²) in [4.78, 5) is 12.3. The fourth-order valence-corrected chi connectivity index (χ4v) is 2.34. The van der Waals surface area contributed by atoms with E-state index in [1.165, 1.54) is 0 Å². The highest BCUT2D eigenvalue weighted by atomic mass is 16.3. The van der Waals surface area contributed by atoms with E-state index in [4.69, 9.17) is 11.5 Å². The molecule has 0 aliphatic heterocycles. The number of rotatable bonds is 4. The fraction of sp³-hybridized carbons (Fsp3) is 0.400. The van der Waals surface area contributed by atoms with Crippen LogP contribution in [0.15, 0.2) is 30.4 Å². The third-order valence-electron chi connectivity index (χ3n) is 3.50. The number of amides is 1. The summed E-state index contributed by atoms with van der Waals surface area (Å²) < 4.78 is 0. The molecule has 1 amide bonds. The second kappa shape index (κ2) is 6.65. The Morgan fingerprint density at radius 3 is 2.30 bits per heavy atom. The Kier molecular flexibility index (Phi) is 4.89. The van der Waals surface area contributed by atoms with Crippen LogP contribution in [0.25, 0.3) is 0 Å². The zero-order valence-corrected chi connectivity index (χ0v) is 11.4. The summed E-state index contributed by atoms with van der Waals surface area (Å²) >= 11 is 0. The van der Waals surface area contributed by atoms with Gasteiger partial charge in [-0.15, -0.1) is 0 Å². The average Bonchev–Trinajstić information content (AvgIpc) is 2.48. The fourth-order valence-electron chi connectivity index (χ4n) is 2.34. The summed E-state index contributed by atoms with van der Waals surface area (Å²) in [6.45, 7) is 0.728. The molecule has 2 atom stereocenters. The summed E-state index contributed by atoms with van der Waals surface area (Å²) in [6, 6.07) is 5.18. The van der Waals surface area contributed by atoms with Gasteiger partial charge in [-0.25, -0.2) is 0 Å². The number of aliphatic hydroxyl groups is 1. The summed E-state index contributed by atoms with van der Waals surface area (Å²) in [5, 5.41) is 12.7. The van der Waals surface area contributed by atoms with Crippen molar-refractivity contribution in [1.29, 1.82) is 0 Å². The molecule has 0 saturated heterocycles. The van der Waals surface area contributed by atoms with Crippen LogP contribution in [0, 0.1) is 0 Å². The van der Waals surface area contributed by atoms with Crippen molar-refractivity contribution in [3.8, 4) is 0 Å². The van der Waals surface area contributed by atoms with Crippen molar-refractivity contribution in [3.05, 3.63) is 47.0 Å². The van der Waals surface area contributed by atoms with Crippen molar-refractivity contribution in [1.82, 2.24) is 5.32 Å². The molecule has 1 aliphatic carbocycles. The van der Waals surface area contributed by atoms with E-state index in [2.05, 4.69) is 5.32 Å². The molecule has 108 valence electrons. The van der Waals surface area contributed by atoms with E-state index in [0.29, 0.717) is 31.5 Å². The molecular formula is C15H21N3O2. The standard InChI is InChI=1S/C15H21N3O2/c16-8-10-5-11(9-17)7-12(6-10)15(20)18-13-3-1-2-4-14(13)19/h1-2,5-7,13-14,19H,3-4,8-9,16-17H2,(H,18,20)/t13?,14-/m1/s1. The van der Waals surface area contributed by atoms with Crippen LogP contribution in [0.2, 0.25) is 0 Å². The molecule has 6 N–H and O–H groups in total. The number of carbonyl (C=O) groups excluding carboxylic acids is 1. The minimum atomic E-state index is -0.532. The second-order valence-electron chi connectivity index (χ2n) is 5.04. The predicted molar refractivity (Wildman–Crippen MR) is 77.9 cm³/mol. The molecule has 0 bridgehead atoms. The quantitative estimate of drug-likeness (QED) is 0.598. The first-order valence-electron chi connectivity index (χ1n) is 6.81. The molecule has 0 saturated carbocycles. The molecule has 0 heterocycles. The second-order valence-corrected chi connectivity index (χ2v) is 5.04. The monoisotopic (exact) mass is 275 g/mol. The molecule has 20 heavy (non-hydrogen) atoms. The highest BCUT2D eigenvalue weighted by Crippen LogP contribution is 2.14. The van der Waals surface area contributed by atoms with Gasteiger partial charge in [-0.3, -0.25) is 4.79 Å². The van der Waals surface area contributed by atoms with Gasteiger partial charge in [-0.05, 0) is 36.1 Å². The largest absolute Gasteiger partial charge is 0.391 e. The van der Waals surface area contributed by atoms with Gasteiger partial charge in [-0.1, -0.05) is 18.2 Å². The van der Waals surface area contributed by atoms with Crippen LogP contribution in [-0.2, 0) is 13.1 Å². The average molecular weight is 275 g/mol. The van der Waals surface area contributed by atoms with Crippen LogP contribution in [0.1, 0.15) is 34.3 Å². The van der Waals surface area contributed by atoms with Gasteiger partial charge in [-0.2, -0.15) is 0 Å². The third kappa shape index (κ3) is 3.45. The molecule has 0 fully saturated rings. The van der Waals surface area contributed by atoms with Gasteiger partial charge in [0.2, 0.25) is 0 Å². The van der Waals surface area contributed by atoms with E-state index >= 15 is 0 Å². The van der Waals surface area contributed by atoms with Crippen molar-refractivity contribution >= 4 is 5.91 Å². The van der Waals surface area contributed by atoms with Crippen molar-refractivity contribution in [2.75, 3.05) is 0 Å². The number of benzene rings is 1. The first kappa shape index (κ1) is 14.7. The van der Waals surface area contributed by atoms with Crippen LogP contribution >= 0.6 is 0 Å². The van der Waals surface area contributed by atoms with Crippen molar-refractivity contribution in [2.24, 2.45) is 11.5 Å². The maximum atomic E-state index is 12.3. The number of nitrogens with one attached hydrogen (secondary N) is 1. The van der Waals surface area contributed by atoms with E-state index in [9.17, 15) is 9.90 Å². The predicted octanol–water partition coefficient (Wildman–Crippen LogP) is 0.413. The smallest absolute Gasteiger partial charge is 0.251 e. The molecule has 0 spiro atoms. The van der Waals surface area contributed by atoms with Crippen LogP contribution in [-0.4, -0.2) is 23.2 Å². The summed E-state index contributed by atoms with van der Waals surface area (Å²) in [6.07, 6.45) is 4.58. The Bertz CT molecular complexity index is 492. The highest BCUT2D eigenvalue weighted by Gasteiger charge is 2.22. The van der Waals surface area contributed by atoms with Crippen LogP contribution in [0.3, 0.4) is 0 Å². The lowest BCUT2D eigenvalue weighted by atomic mass is 9.98. The maximum absolute atomic E-state index is 12.3. The number of carbonyl (C=O) groups is 1. The summed E-state index contributed by atoms with van der Waals surface area (Å²) in [5.74, 6) is -0.200. The Morgan fingerprint density at radius 2 is 1.75 bits per heavy atom. The molecular weight excluding hydrogens is 254 g/mol. The van der Waals surface area contributed by atoms with Gasteiger partial charge in [0.1, 0.15) is 0 Å². The number of hydrogen-bond acceptors (Lipinski definition) is 4. The topological polar surface area (TPSA) is 101 Å². The Hall–Kier alpha value is -1.69. The Morgan fingerprint density at radius 1 is 1.15 bits per heavy atom. The van der Waals surface area contributed by atoms with Crippen molar-refractivity contribution in [2.45, 2.75) is 38.1 Å². The van der Waals surface area contributed by atoms with Crippen LogP contribution < -0.4 is 16.8 Å². The third-order valence-corrected chi connectivity index (χ3v) is 3.50. The lowest BCUT2D eigenvalue weighted by molar-refractivity contribution is 0.0829. The maximum Gasteiger partial charge on any atom is 0.251 e. The van der Waals surface area contributed by atoms with Gasteiger partial charge < -0.3 is 21.9 Å². The molecule has 0 aromatic heterocycles. The van der Waals surface area contributed by atoms with Gasteiger partial charge in [0.05, 0.1) is 12.1 Å². The summed E-state index contributed by atoms with van der Waals surface area (Å²) in [5.41, 5.74) is 13.5. The first-order valence-corrected chi connectivity index (χ1v) is 6.81.